The number of anilines is 1. The number of amides is 1. The lowest BCUT2D eigenvalue weighted by Gasteiger charge is -2.33. The molecule has 1 unspecified atom stereocenters. The minimum Gasteiger partial charge on any atom is -0.369 e. The summed E-state index contributed by atoms with van der Waals surface area (Å²) in [5.74, 6) is 1.08. The Morgan fingerprint density at radius 3 is 3.00 bits per heavy atom. The molecule has 1 saturated carbocycles. The number of aromatic nitrogens is 1. The average Bonchev–Trinajstić information content (AvgIpc) is 3.29. The molecule has 0 aromatic carbocycles. The largest absolute Gasteiger partial charge is 0.369 e. The van der Waals surface area contributed by atoms with Crippen molar-refractivity contribution < 1.29 is 4.79 Å². The Kier molecular flexibility index (Phi) is 4.24. The van der Waals surface area contributed by atoms with Gasteiger partial charge in [-0.15, -0.1) is 0 Å². The van der Waals surface area contributed by atoms with Gasteiger partial charge in [-0.3, -0.25) is 9.78 Å². The van der Waals surface area contributed by atoms with Gasteiger partial charge in [-0.2, -0.15) is 0 Å². The van der Waals surface area contributed by atoms with Gasteiger partial charge >= 0.3 is 0 Å². The Hall–Kier alpha value is -1.10. The molecule has 1 saturated heterocycles. The van der Waals surface area contributed by atoms with Crippen molar-refractivity contribution >= 4 is 27.5 Å². The molecule has 2 fully saturated rings. The van der Waals surface area contributed by atoms with Gasteiger partial charge in [-0.25, -0.2) is 0 Å². The van der Waals surface area contributed by atoms with E-state index >= 15 is 0 Å². The van der Waals surface area contributed by atoms with Gasteiger partial charge in [0.15, 0.2) is 0 Å². The summed E-state index contributed by atoms with van der Waals surface area (Å²) in [7, 11) is 0. The van der Waals surface area contributed by atoms with Crippen LogP contribution in [0.4, 0.5) is 5.69 Å². The minimum atomic E-state index is 0.112. The maximum absolute atomic E-state index is 12.2. The Morgan fingerprint density at radius 1 is 1.40 bits per heavy atom. The maximum atomic E-state index is 12.2. The van der Waals surface area contributed by atoms with E-state index in [-0.39, 0.29) is 11.8 Å². The topological polar surface area (TPSA) is 45.2 Å². The Balaban J connectivity index is 1.59. The molecule has 5 heteroatoms. The zero-order valence-electron chi connectivity index (χ0n) is 11.5. The first-order valence-corrected chi connectivity index (χ1v) is 8.15. The predicted molar refractivity (Wildman–Crippen MR) is 82.6 cm³/mol. The lowest BCUT2D eigenvalue weighted by Crippen LogP contribution is -2.43. The van der Waals surface area contributed by atoms with Crippen molar-refractivity contribution in [3.63, 3.8) is 0 Å². The van der Waals surface area contributed by atoms with Crippen LogP contribution in [0.25, 0.3) is 0 Å². The van der Waals surface area contributed by atoms with Crippen LogP contribution in [0.3, 0.4) is 0 Å². The van der Waals surface area contributed by atoms with Crippen LogP contribution >= 0.6 is 15.9 Å². The number of nitrogens with zero attached hydrogens (tertiary/aromatic N) is 2. The van der Waals surface area contributed by atoms with E-state index in [1.54, 1.807) is 6.20 Å². The molecule has 2 heterocycles. The van der Waals surface area contributed by atoms with Crippen molar-refractivity contribution in [3.05, 3.63) is 22.9 Å². The van der Waals surface area contributed by atoms with E-state index < -0.39 is 0 Å². The molecule has 1 aliphatic carbocycles. The van der Waals surface area contributed by atoms with Gasteiger partial charge in [0.2, 0.25) is 5.91 Å². The smallest absolute Gasteiger partial charge is 0.224 e. The SMILES string of the molecule is O=C(NCC1CC1)C1CCCN(c2cncc(Br)c2)C1. The van der Waals surface area contributed by atoms with Crippen LogP contribution in [0.1, 0.15) is 25.7 Å². The molecule has 0 spiro atoms. The summed E-state index contributed by atoms with van der Waals surface area (Å²) in [6, 6.07) is 2.07. The molecule has 0 bridgehead atoms. The van der Waals surface area contributed by atoms with Gasteiger partial charge < -0.3 is 10.2 Å². The van der Waals surface area contributed by atoms with Crippen LogP contribution in [-0.4, -0.2) is 30.5 Å². The molecule has 1 atom stereocenters. The quantitative estimate of drug-likeness (QED) is 0.918. The summed E-state index contributed by atoms with van der Waals surface area (Å²) in [4.78, 5) is 18.7. The molecule has 3 rings (SSSR count). The lowest BCUT2D eigenvalue weighted by atomic mass is 9.96. The Labute approximate surface area is 128 Å². The zero-order valence-corrected chi connectivity index (χ0v) is 13.1. The van der Waals surface area contributed by atoms with E-state index in [0.29, 0.717) is 0 Å². The van der Waals surface area contributed by atoms with Gasteiger partial charge in [-0.1, -0.05) is 0 Å². The summed E-state index contributed by atoms with van der Waals surface area (Å²) in [6.07, 6.45) is 8.27. The number of pyridine rings is 1. The Morgan fingerprint density at radius 2 is 2.25 bits per heavy atom. The number of halogens is 1. The van der Waals surface area contributed by atoms with E-state index in [1.165, 1.54) is 12.8 Å². The van der Waals surface area contributed by atoms with E-state index in [1.807, 2.05) is 6.20 Å². The number of carbonyl (C=O) groups is 1. The van der Waals surface area contributed by atoms with E-state index in [2.05, 4.69) is 37.2 Å². The molecule has 1 N–H and O–H groups in total. The second-order valence-electron chi connectivity index (χ2n) is 5.84. The summed E-state index contributed by atoms with van der Waals surface area (Å²) in [5, 5.41) is 3.11. The number of nitrogens with one attached hydrogen (secondary N) is 1. The van der Waals surface area contributed by atoms with Crippen LogP contribution in [0, 0.1) is 11.8 Å². The minimum absolute atomic E-state index is 0.112. The highest BCUT2D eigenvalue weighted by atomic mass is 79.9. The molecular weight excluding hydrogens is 318 g/mol. The van der Waals surface area contributed by atoms with E-state index in [0.717, 1.165) is 48.6 Å². The number of piperidine rings is 1. The highest BCUT2D eigenvalue weighted by Gasteiger charge is 2.28. The fourth-order valence-electron chi connectivity index (χ4n) is 2.71. The van der Waals surface area contributed by atoms with Crippen molar-refractivity contribution in [2.75, 3.05) is 24.5 Å². The second-order valence-corrected chi connectivity index (χ2v) is 6.75. The van der Waals surface area contributed by atoms with Gasteiger partial charge in [-0.05, 0) is 53.6 Å². The molecule has 1 aromatic heterocycles. The highest BCUT2D eigenvalue weighted by molar-refractivity contribution is 9.10. The zero-order chi connectivity index (χ0) is 13.9. The van der Waals surface area contributed by atoms with Crippen LogP contribution < -0.4 is 10.2 Å². The van der Waals surface area contributed by atoms with E-state index in [9.17, 15) is 4.79 Å². The van der Waals surface area contributed by atoms with Crippen LogP contribution in [0.2, 0.25) is 0 Å². The first-order valence-electron chi connectivity index (χ1n) is 7.35. The van der Waals surface area contributed by atoms with Crippen LogP contribution in [-0.2, 0) is 4.79 Å². The molecule has 1 aromatic rings. The molecule has 108 valence electrons. The number of hydrogen-bond acceptors (Lipinski definition) is 3. The molecule has 20 heavy (non-hydrogen) atoms. The van der Waals surface area contributed by atoms with Crippen molar-refractivity contribution in [3.8, 4) is 0 Å². The van der Waals surface area contributed by atoms with Crippen LogP contribution in [0.15, 0.2) is 22.9 Å². The van der Waals surface area contributed by atoms with Crippen molar-refractivity contribution in [1.82, 2.24) is 10.3 Å². The van der Waals surface area contributed by atoms with Crippen molar-refractivity contribution in [2.24, 2.45) is 11.8 Å². The molecular formula is C15H20BrN3O. The molecule has 2 aliphatic rings. The van der Waals surface area contributed by atoms with Gasteiger partial charge in [0.25, 0.3) is 0 Å². The summed E-state index contributed by atoms with van der Waals surface area (Å²) in [6.45, 7) is 2.67. The van der Waals surface area contributed by atoms with Crippen molar-refractivity contribution in [1.29, 1.82) is 0 Å². The number of carbonyl (C=O) groups excluding carboxylic acids is 1. The average molecular weight is 338 g/mol. The molecule has 1 amide bonds. The van der Waals surface area contributed by atoms with Gasteiger partial charge in [0.1, 0.15) is 0 Å². The van der Waals surface area contributed by atoms with Crippen molar-refractivity contribution in [2.45, 2.75) is 25.7 Å². The van der Waals surface area contributed by atoms with Crippen LogP contribution in [0.5, 0.6) is 0 Å². The monoisotopic (exact) mass is 337 g/mol. The predicted octanol–water partition coefficient (Wildman–Crippen LogP) is 2.59. The maximum Gasteiger partial charge on any atom is 0.224 e. The third-order valence-electron chi connectivity index (χ3n) is 4.11. The summed E-state index contributed by atoms with van der Waals surface area (Å²) >= 11 is 3.45. The van der Waals surface area contributed by atoms with Gasteiger partial charge in [0, 0.05) is 30.3 Å². The Bertz CT molecular complexity index is 490. The third-order valence-corrected chi connectivity index (χ3v) is 4.54. The first kappa shape index (κ1) is 13.9. The standard InChI is InChI=1S/C15H20BrN3O/c16-13-6-14(9-17-8-13)19-5-1-2-12(10-19)15(20)18-7-11-3-4-11/h6,8-9,11-12H,1-5,7,10H2,(H,18,20). The lowest BCUT2D eigenvalue weighted by molar-refractivity contribution is -0.125. The number of rotatable bonds is 4. The second kappa shape index (κ2) is 6.12. The fourth-order valence-corrected chi connectivity index (χ4v) is 3.06. The summed E-state index contributed by atoms with van der Waals surface area (Å²) < 4.78 is 0.982. The van der Waals surface area contributed by atoms with E-state index in [4.69, 9.17) is 0 Å². The molecule has 4 nitrogen and oxygen atoms in total. The normalized spacial score (nSPS) is 22.6. The number of hydrogen-bond donors (Lipinski definition) is 1. The third kappa shape index (κ3) is 3.51. The summed E-state index contributed by atoms with van der Waals surface area (Å²) in [5.41, 5.74) is 1.10. The molecule has 1 aliphatic heterocycles. The molecule has 0 radical (unpaired) electrons. The first-order chi connectivity index (χ1) is 9.72. The van der Waals surface area contributed by atoms with Gasteiger partial charge in [0.05, 0.1) is 17.8 Å². The highest BCUT2D eigenvalue weighted by Crippen LogP contribution is 2.28. The fraction of sp³-hybridized carbons (Fsp3) is 0.600.